The van der Waals surface area contributed by atoms with E-state index in [-0.39, 0.29) is 11.6 Å². The Morgan fingerprint density at radius 2 is 1.53 bits per heavy atom. The van der Waals surface area contributed by atoms with Crippen LogP contribution in [0.2, 0.25) is 0 Å². The fourth-order valence-electron chi connectivity index (χ4n) is 2.51. The number of aryl methyl sites for hydroxylation is 1. The average Bonchev–Trinajstić information content (AvgIpc) is 2.66. The first-order chi connectivity index (χ1) is 9.09. The van der Waals surface area contributed by atoms with E-state index in [1.807, 2.05) is 25.1 Å². The second-order valence-corrected chi connectivity index (χ2v) is 5.59. The highest BCUT2D eigenvalue weighted by atomic mass is 79.9. The van der Waals surface area contributed by atoms with Gasteiger partial charge in [0.1, 0.15) is 5.92 Å². The summed E-state index contributed by atoms with van der Waals surface area (Å²) >= 11 is 3.44. The lowest BCUT2D eigenvalue weighted by molar-refractivity contribution is 0.0890. The van der Waals surface area contributed by atoms with Crippen LogP contribution in [0.3, 0.4) is 0 Å². The molecule has 0 unspecified atom stereocenters. The molecule has 0 spiro atoms. The molecule has 2 aromatic carbocycles. The minimum Gasteiger partial charge on any atom is -0.293 e. The van der Waals surface area contributed by atoms with Crippen LogP contribution in [0.5, 0.6) is 0 Å². The predicted molar refractivity (Wildman–Crippen MR) is 76.7 cm³/mol. The van der Waals surface area contributed by atoms with Crippen LogP contribution < -0.4 is 0 Å². The van der Waals surface area contributed by atoms with E-state index in [1.165, 1.54) is 0 Å². The first-order valence-corrected chi connectivity index (χ1v) is 6.82. The molecule has 0 fully saturated rings. The smallest absolute Gasteiger partial charge is 0.178 e. The third-order valence-corrected chi connectivity index (χ3v) is 4.17. The van der Waals surface area contributed by atoms with Gasteiger partial charge in [-0.1, -0.05) is 57.9 Å². The second-order valence-electron chi connectivity index (χ2n) is 4.73. The van der Waals surface area contributed by atoms with Crippen LogP contribution in [0.25, 0.3) is 0 Å². The molecule has 0 N–H and O–H groups in total. The number of benzene rings is 2. The third kappa shape index (κ3) is 1.85. The highest BCUT2D eigenvalue weighted by Gasteiger charge is 2.40. The Morgan fingerprint density at radius 1 is 0.947 bits per heavy atom. The van der Waals surface area contributed by atoms with Gasteiger partial charge in [-0.2, -0.15) is 0 Å². The van der Waals surface area contributed by atoms with Gasteiger partial charge in [-0.25, -0.2) is 0 Å². The van der Waals surface area contributed by atoms with Gasteiger partial charge in [0.2, 0.25) is 0 Å². The topological polar surface area (TPSA) is 34.1 Å². The van der Waals surface area contributed by atoms with Gasteiger partial charge in [-0.05, 0) is 18.6 Å². The Morgan fingerprint density at radius 3 is 2.11 bits per heavy atom. The molecule has 19 heavy (non-hydrogen) atoms. The molecule has 0 aromatic heterocycles. The molecule has 0 saturated carbocycles. The number of carbonyl (C=O) groups is 2. The van der Waals surface area contributed by atoms with Gasteiger partial charge in [0, 0.05) is 15.6 Å². The molecule has 3 heteroatoms. The molecule has 0 heterocycles. The standard InChI is InChI=1S/C16H11BrO2/c1-9-6-7-13(17)12(8-9)14-15(18)10-4-2-3-5-11(10)16(14)19/h2-8,14H,1H3. The predicted octanol–water partition coefficient (Wildman–Crippen LogP) is 3.92. The lowest BCUT2D eigenvalue weighted by Crippen LogP contribution is -2.13. The maximum absolute atomic E-state index is 12.4. The third-order valence-electron chi connectivity index (χ3n) is 3.44. The highest BCUT2D eigenvalue weighted by molar-refractivity contribution is 9.10. The van der Waals surface area contributed by atoms with E-state index in [0.717, 1.165) is 15.6 Å². The molecule has 0 atom stereocenters. The van der Waals surface area contributed by atoms with E-state index < -0.39 is 5.92 Å². The van der Waals surface area contributed by atoms with Gasteiger partial charge < -0.3 is 0 Å². The highest BCUT2D eigenvalue weighted by Crippen LogP contribution is 2.37. The number of halogens is 1. The Kier molecular flexibility index (Phi) is 2.86. The maximum atomic E-state index is 12.4. The van der Waals surface area contributed by atoms with Crippen molar-refractivity contribution in [2.75, 3.05) is 0 Å². The summed E-state index contributed by atoms with van der Waals surface area (Å²) < 4.78 is 0.803. The Labute approximate surface area is 119 Å². The van der Waals surface area contributed by atoms with Crippen molar-refractivity contribution in [1.29, 1.82) is 0 Å². The normalized spacial score (nSPS) is 14.8. The molecule has 1 aliphatic rings. The summed E-state index contributed by atoms with van der Waals surface area (Å²) in [5.41, 5.74) is 2.86. The molecule has 1 aliphatic carbocycles. The van der Waals surface area contributed by atoms with Crippen molar-refractivity contribution >= 4 is 27.5 Å². The summed E-state index contributed by atoms with van der Waals surface area (Å²) in [6, 6.07) is 12.8. The largest absolute Gasteiger partial charge is 0.293 e. The van der Waals surface area contributed by atoms with Gasteiger partial charge in [-0.3, -0.25) is 9.59 Å². The lowest BCUT2D eigenvalue weighted by atomic mass is 9.93. The summed E-state index contributed by atoms with van der Waals surface area (Å²) in [6.45, 7) is 1.95. The summed E-state index contributed by atoms with van der Waals surface area (Å²) in [7, 11) is 0. The minimum atomic E-state index is -0.702. The fourth-order valence-corrected chi connectivity index (χ4v) is 2.99. The van der Waals surface area contributed by atoms with Crippen molar-refractivity contribution in [3.8, 4) is 0 Å². The van der Waals surface area contributed by atoms with Crippen LogP contribution in [0.4, 0.5) is 0 Å². The number of Topliss-reactive ketones (excluding diaryl/α,β-unsaturated/α-hetero) is 2. The van der Waals surface area contributed by atoms with E-state index in [2.05, 4.69) is 15.9 Å². The van der Waals surface area contributed by atoms with E-state index in [4.69, 9.17) is 0 Å². The summed E-state index contributed by atoms with van der Waals surface area (Å²) in [5.74, 6) is -0.912. The van der Waals surface area contributed by atoms with Crippen molar-refractivity contribution in [3.05, 3.63) is 69.2 Å². The SMILES string of the molecule is Cc1ccc(Br)c(C2C(=O)c3ccccc3C2=O)c1. The number of hydrogen-bond donors (Lipinski definition) is 0. The molecular formula is C16H11BrO2. The summed E-state index contributed by atoms with van der Waals surface area (Å²) in [5, 5.41) is 0. The first-order valence-electron chi connectivity index (χ1n) is 6.03. The average molecular weight is 315 g/mol. The number of rotatable bonds is 1. The monoisotopic (exact) mass is 314 g/mol. The molecule has 0 bridgehead atoms. The quantitative estimate of drug-likeness (QED) is 0.748. The molecule has 0 radical (unpaired) electrons. The van der Waals surface area contributed by atoms with Gasteiger partial charge in [0.25, 0.3) is 0 Å². The molecule has 0 aliphatic heterocycles. The van der Waals surface area contributed by atoms with E-state index in [0.29, 0.717) is 11.1 Å². The molecule has 0 amide bonds. The van der Waals surface area contributed by atoms with Gasteiger partial charge in [0.15, 0.2) is 11.6 Å². The Hall–Kier alpha value is -1.74. The first kappa shape index (κ1) is 12.3. The van der Waals surface area contributed by atoms with Crippen LogP contribution in [0.1, 0.15) is 37.8 Å². The van der Waals surface area contributed by atoms with Gasteiger partial charge >= 0.3 is 0 Å². The van der Waals surface area contributed by atoms with Crippen molar-refractivity contribution in [2.24, 2.45) is 0 Å². The van der Waals surface area contributed by atoms with E-state index >= 15 is 0 Å². The van der Waals surface area contributed by atoms with Crippen molar-refractivity contribution in [2.45, 2.75) is 12.8 Å². The van der Waals surface area contributed by atoms with Crippen LogP contribution in [0, 0.1) is 6.92 Å². The Balaban J connectivity index is 2.17. The Bertz CT molecular complexity index is 669. The van der Waals surface area contributed by atoms with Gasteiger partial charge in [-0.15, -0.1) is 0 Å². The molecule has 3 rings (SSSR count). The van der Waals surface area contributed by atoms with Crippen molar-refractivity contribution in [3.63, 3.8) is 0 Å². The maximum Gasteiger partial charge on any atom is 0.178 e. The van der Waals surface area contributed by atoms with Crippen LogP contribution in [-0.4, -0.2) is 11.6 Å². The van der Waals surface area contributed by atoms with Crippen molar-refractivity contribution in [1.82, 2.24) is 0 Å². The molecule has 2 nitrogen and oxygen atoms in total. The number of ketones is 2. The van der Waals surface area contributed by atoms with Crippen LogP contribution in [-0.2, 0) is 0 Å². The van der Waals surface area contributed by atoms with Crippen LogP contribution >= 0.6 is 15.9 Å². The van der Waals surface area contributed by atoms with Gasteiger partial charge in [0.05, 0.1) is 0 Å². The minimum absolute atomic E-state index is 0.105. The zero-order valence-electron chi connectivity index (χ0n) is 10.3. The van der Waals surface area contributed by atoms with Crippen molar-refractivity contribution < 1.29 is 9.59 Å². The fraction of sp³-hybridized carbons (Fsp3) is 0.125. The zero-order chi connectivity index (χ0) is 13.6. The summed E-state index contributed by atoms with van der Waals surface area (Å²) in [4.78, 5) is 24.9. The lowest BCUT2D eigenvalue weighted by Gasteiger charge is -2.10. The molecule has 2 aromatic rings. The molecule has 94 valence electrons. The second kappa shape index (κ2) is 4.42. The molecular weight excluding hydrogens is 304 g/mol. The zero-order valence-corrected chi connectivity index (χ0v) is 11.9. The van der Waals surface area contributed by atoms with E-state index in [1.54, 1.807) is 24.3 Å². The van der Waals surface area contributed by atoms with Crippen LogP contribution in [0.15, 0.2) is 46.9 Å². The molecule has 0 saturated heterocycles. The number of carbonyl (C=O) groups excluding carboxylic acids is 2. The summed E-state index contributed by atoms with van der Waals surface area (Å²) in [6.07, 6.45) is 0. The van der Waals surface area contributed by atoms with E-state index in [9.17, 15) is 9.59 Å². The number of hydrogen-bond acceptors (Lipinski definition) is 2. The number of fused-ring (bicyclic) bond motifs is 1.